The van der Waals surface area contributed by atoms with E-state index in [2.05, 4.69) is 12.1 Å². The van der Waals surface area contributed by atoms with Gasteiger partial charge in [0.25, 0.3) is 0 Å². The van der Waals surface area contributed by atoms with E-state index in [4.69, 9.17) is 10.00 Å². The Labute approximate surface area is 159 Å². The monoisotopic (exact) mass is 358 g/mol. The molecule has 1 amide bonds. The lowest BCUT2D eigenvalue weighted by Crippen LogP contribution is -2.43. The van der Waals surface area contributed by atoms with Crippen LogP contribution in [0.2, 0.25) is 0 Å². The molecule has 2 aromatic carbocycles. The molecule has 2 unspecified atom stereocenters. The summed E-state index contributed by atoms with van der Waals surface area (Å²) in [6.07, 6.45) is 4.80. The van der Waals surface area contributed by atoms with Crippen molar-refractivity contribution in [2.75, 3.05) is 0 Å². The van der Waals surface area contributed by atoms with Gasteiger partial charge in [0.2, 0.25) is 0 Å². The van der Waals surface area contributed by atoms with E-state index in [9.17, 15) is 4.79 Å². The lowest BCUT2D eigenvalue weighted by atomic mass is 9.91. The summed E-state index contributed by atoms with van der Waals surface area (Å²) in [5.74, 6) is 0. The van der Waals surface area contributed by atoms with Crippen molar-refractivity contribution in [2.45, 2.75) is 44.9 Å². The second-order valence-corrected chi connectivity index (χ2v) is 7.28. The van der Waals surface area contributed by atoms with Crippen LogP contribution in [0.4, 0.5) is 4.79 Å². The van der Waals surface area contributed by atoms with Gasteiger partial charge in [-0.2, -0.15) is 5.26 Å². The average Bonchev–Trinajstić information content (AvgIpc) is 2.96. The topological polar surface area (TPSA) is 53.3 Å². The SMILES string of the molecule is Cc1cc(C#N)ccc1C1=CC2CCC(C1)N2C(=O)OCc1ccccc1. The van der Waals surface area contributed by atoms with Gasteiger partial charge in [0.15, 0.2) is 0 Å². The zero-order valence-corrected chi connectivity index (χ0v) is 15.4. The second-order valence-electron chi connectivity index (χ2n) is 7.28. The fourth-order valence-corrected chi connectivity index (χ4v) is 4.20. The number of hydrogen-bond acceptors (Lipinski definition) is 3. The van der Waals surface area contributed by atoms with Crippen LogP contribution in [0.3, 0.4) is 0 Å². The van der Waals surface area contributed by atoms with Crippen LogP contribution in [0, 0.1) is 18.3 Å². The van der Waals surface area contributed by atoms with Gasteiger partial charge in [-0.1, -0.05) is 42.5 Å². The van der Waals surface area contributed by atoms with Crippen molar-refractivity contribution < 1.29 is 9.53 Å². The molecular formula is C23H22N2O2. The minimum absolute atomic E-state index is 0.0945. The highest BCUT2D eigenvalue weighted by molar-refractivity contribution is 5.76. The van der Waals surface area contributed by atoms with Gasteiger partial charge in [0.05, 0.1) is 17.7 Å². The fraction of sp³-hybridized carbons (Fsp3) is 0.304. The molecule has 4 heteroatoms. The Morgan fingerprint density at radius 1 is 1.22 bits per heavy atom. The van der Waals surface area contributed by atoms with Crippen LogP contribution >= 0.6 is 0 Å². The van der Waals surface area contributed by atoms with Crippen LogP contribution in [0.25, 0.3) is 5.57 Å². The number of fused-ring (bicyclic) bond motifs is 2. The quantitative estimate of drug-likeness (QED) is 0.790. The number of ether oxygens (including phenoxy) is 1. The molecule has 1 fully saturated rings. The molecule has 2 aromatic rings. The Bertz CT molecular complexity index is 927. The molecule has 136 valence electrons. The Balaban J connectivity index is 1.49. The second kappa shape index (κ2) is 7.28. The molecule has 0 N–H and O–H groups in total. The Hall–Kier alpha value is -3.06. The molecule has 2 aliphatic heterocycles. The summed E-state index contributed by atoms with van der Waals surface area (Å²) >= 11 is 0. The smallest absolute Gasteiger partial charge is 0.410 e. The van der Waals surface area contributed by atoms with Gasteiger partial charge in [-0.25, -0.2) is 4.79 Å². The summed E-state index contributed by atoms with van der Waals surface area (Å²) in [5.41, 5.74) is 5.25. The Kier molecular flexibility index (Phi) is 4.68. The summed E-state index contributed by atoms with van der Waals surface area (Å²) < 4.78 is 5.57. The molecule has 0 aliphatic carbocycles. The highest BCUT2D eigenvalue weighted by Gasteiger charge is 2.40. The highest BCUT2D eigenvalue weighted by Crippen LogP contribution is 2.39. The van der Waals surface area contributed by atoms with Crippen LogP contribution in [-0.4, -0.2) is 23.1 Å². The molecule has 0 radical (unpaired) electrons. The summed E-state index contributed by atoms with van der Waals surface area (Å²) in [7, 11) is 0. The summed E-state index contributed by atoms with van der Waals surface area (Å²) in [6, 6.07) is 18.1. The van der Waals surface area contributed by atoms with E-state index >= 15 is 0 Å². The molecule has 4 rings (SSSR count). The molecule has 1 saturated heterocycles. The van der Waals surface area contributed by atoms with Gasteiger partial charge in [0.1, 0.15) is 6.61 Å². The van der Waals surface area contributed by atoms with E-state index in [0.29, 0.717) is 12.2 Å². The molecule has 0 aromatic heterocycles. The van der Waals surface area contributed by atoms with Crippen molar-refractivity contribution in [3.05, 3.63) is 76.9 Å². The van der Waals surface area contributed by atoms with E-state index in [1.807, 2.05) is 60.4 Å². The number of amides is 1. The normalized spacial score (nSPS) is 20.7. The summed E-state index contributed by atoms with van der Waals surface area (Å²) in [4.78, 5) is 14.6. The minimum atomic E-state index is -0.224. The number of aryl methyl sites for hydroxylation is 1. The third-order valence-corrected chi connectivity index (χ3v) is 5.51. The average molecular weight is 358 g/mol. The molecular weight excluding hydrogens is 336 g/mol. The van der Waals surface area contributed by atoms with Crippen molar-refractivity contribution in [3.63, 3.8) is 0 Å². The standard InChI is InChI=1S/C23H22N2O2/c1-16-11-18(14-24)7-10-22(16)19-12-20-8-9-21(13-19)25(20)23(26)27-15-17-5-3-2-4-6-17/h2-7,10-12,20-21H,8-9,13,15H2,1H3. The van der Waals surface area contributed by atoms with Gasteiger partial charge < -0.3 is 4.74 Å². The highest BCUT2D eigenvalue weighted by atomic mass is 16.6. The van der Waals surface area contributed by atoms with Crippen LogP contribution in [0.1, 0.15) is 41.5 Å². The predicted molar refractivity (Wildman–Crippen MR) is 104 cm³/mol. The minimum Gasteiger partial charge on any atom is -0.445 e. The molecule has 2 atom stereocenters. The number of nitrogens with zero attached hydrogens (tertiary/aromatic N) is 2. The van der Waals surface area contributed by atoms with Gasteiger partial charge >= 0.3 is 6.09 Å². The van der Waals surface area contributed by atoms with Crippen LogP contribution in [0.15, 0.2) is 54.6 Å². The van der Waals surface area contributed by atoms with Gasteiger partial charge in [-0.05, 0) is 60.6 Å². The number of carbonyl (C=O) groups is 1. The van der Waals surface area contributed by atoms with Crippen molar-refractivity contribution in [3.8, 4) is 6.07 Å². The maximum Gasteiger partial charge on any atom is 0.410 e. The first kappa shape index (κ1) is 17.4. The van der Waals surface area contributed by atoms with Crippen LogP contribution in [-0.2, 0) is 11.3 Å². The first-order valence-corrected chi connectivity index (χ1v) is 9.36. The zero-order chi connectivity index (χ0) is 18.8. The zero-order valence-electron chi connectivity index (χ0n) is 15.4. The first-order chi connectivity index (χ1) is 13.2. The maximum absolute atomic E-state index is 12.7. The molecule has 0 spiro atoms. The largest absolute Gasteiger partial charge is 0.445 e. The van der Waals surface area contributed by atoms with Gasteiger partial charge in [0, 0.05) is 6.04 Å². The lowest BCUT2D eigenvalue weighted by molar-refractivity contribution is 0.0832. The fourth-order valence-electron chi connectivity index (χ4n) is 4.20. The molecule has 2 heterocycles. The maximum atomic E-state index is 12.7. The Morgan fingerprint density at radius 3 is 2.74 bits per heavy atom. The molecule has 2 bridgehead atoms. The number of carbonyl (C=O) groups excluding carboxylic acids is 1. The number of nitriles is 1. The molecule has 2 aliphatic rings. The molecule has 27 heavy (non-hydrogen) atoms. The van der Waals surface area contributed by atoms with Gasteiger partial charge in [-0.3, -0.25) is 4.90 Å². The third-order valence-electron chi connectivity index (χ3n) is 5.51. The number of rotatable bonds is 3. The van der Waals surface area contributed by atoms with E-state index in [0.717, 1.165) is 30.4 Å². The lowest BCUT2D eigenvalue weighted by Gasteiger charge is -2.33. The third kappa shape index (κ3) is 3.46. The predicted octanol–water partition coefficient (Wildman–Crippen LogP) is 4.82. The molecule has 0 saturated carbocycles. The Morgan fingerprint density at radius 2 is 2.04 bits per heavy atom. The van der Waals surface area contributed by atoms with Crippen molar-refractivity contribution in [1.29, 1.82) is 5.26 Å². The number of hydrogen-bond donors (Lipinski definition) is 0. The van der Waals surface area contributed by atoms with Crippen LogP contribution < -0.4 is 0 Å². The van der Waals surface area contributed by atoms with Gasteiger partial charge in [-0.15, -0.1) is 0 Å². The van der Waals surface area contributed by atoms with Crippen molar-refractivity contribution >= 4 is 11.7 Å². The van der Waals surface area contributed by atoms with E-state index in [1.165, 1.54) is 11.1 Å². The summed E-state index contributed by atoms with van der Waals surface area (Å²) in [6.45, 7) is 2.35. The van der Waals surface area contributed by atoms with Crippen LogP contribution in [0.5, 0.6) is 0 Å². The van der Waals surface area contributed by atoms with E-state index in [-0.39, 0.29) is 18.2 Å². The van der Waals surface area contributed by atoms with E-state index < -0.39 is 0 Å². The first-order valence-electron chi connectivity index (χ1n) is 9.36. The van der Waals surface area contributed by atoms with E-state index in [1.54, 1.807) is 0 Å². The van der Waals surface area contributed by atoms with Crippen molar-refractivity contribution in [1.82, 2.24) is 4.90 Å². The molecule has 4 nitrogen and oxygen atoms in total. The van der Waals surface area contributed by atoms with Crippen molar-refractivity contribution in [2.24, 2.45) is 0 Å². The number of benzene rings is 2. The summed E-state index contributed by atoms with van der Waals surface area (Å²) in [5, 5.41) is 9.06.